The van der Waals surface area contributed by atoms with Crippen molar-refractivity contribution in [2.24, 2.45) is 11.8 Å². The number of hydrogen-bond acceptors (Lipinski definition) is 1. The van der Waals surface area contributed by atoms with E-state index in [0.717, 1.165) is 28.8 Å². The first-order valence-electron chi connectivity index (χ1n) is 8.21. The standard InChI is InChI=1S/C18H26ClN/c1-13-5-2-3-6-15(13)12-20-18-10-16(11-18)14-7-4-8-17(19)9-14/h4,7-9,13,15-16,18,20H,2-3,5-6,10-12H2,1H3. The third-order valence-electron chi connectivity index (χ3n) is 5.42. The van der Waals surface area contributed by atoms with Crippen molar-refractivity contribution in [3.8, 4) is 0 Å². The van der Waals surface area contributed by atoms with Crippen LogP contribution in [0.4, 0.5) is 0 Å². The Morgan fingerprint density at radius 1 is 1.20 bits per heavy atom. The highest BCUT2D eigenvalue weighted by molar-refractivity contribution is 6.30. The van der Waals surface area contributed by atoms with Crippen LogP contribution in [-0.2, 0) is 0 Å². The van der Waals surface area contributed by atoms with Gasteiger partial charge in [0, 0.05) is 11.1 Å². The lowest BCUT2D eigenvalue weighted by molar-refractivity contribution is 0.213. The quantitative estimate of drug-likeness (QED) is 0.823. The van der Waals surface area contributed by atoms with E-state index < -0.39 is 0 Å². The van der Waals surface area contributed by atoms with E-state index in [9.17, 15) is 0 Å². The molecule has 0 heterocycles. The molecule has 1 aromatic carbocycles. The number of halogens is 1. The minimum absolute atomic E-state index is 0.718. The van der Waals surface area contributed by atoms with Crippen LogP contribution in [0.15, 0.2) is 24.3 Å². The molecule has 0 aliphatic heterocycles. The molecule has 1 N–H and O–H groups in total. The Labute approximate surface area is 128 Å². The summed E-state index contributed by atoms with van der Waals surface area (Å²) in [5, 5.41) is 4.67. The zero-order valence-corrected chi connectivity index (χ0v) is 13.2. The second-order valence-electron chi connectivity index (χ2n) is 6.85. The van der Waals surface area contributed by atoms with E-state index in [1.54, 1.807) is 0 Å². The number of hydrogen-bond donors (Lipinski definition) is 1. The fourth-order valence-corrected chi connectivity index (χ4v) is 4.03. The highest BCUT2D eigenvalue weighted by Crippen LogP contribution is 2.38. The Bertz CT molecular complexity index is 439. The Balaban J connectivity index is 1.42. The SMILES string of the molecule is CC1CCCCC1CNC1CC(c2cccc(Cl)c2)C1. The normalized spacial score (nSPS) is 33.7. The van der Waals surface area contributed by atoms with E-state index in [4.69, 9.17) is 11.6 Å². The first kappa shape index (κ1) is 14.4. The molecule has 2 fully saturated rings. The van der Waals surface area contributed by atoms with Crippen molar-refractivity contribution in [1.29, 1.82) is 0 Å². The second kappa shape index (κ2) is 6.49. The van der Waals surface area contributed by atoms with Gasteiger partial charge in [0.25, 0.3) is 0 Å². The molecule has 0 bridgehead atoms. The average molecular weight is 292 g/mol. The third-order valence-corrected chi connectivity index (χ3v) is 5.65. The Kier molecular flexibility index (Phi) is 4.68. The summed E-state index contributed by atoms with van der Waals surface area (Å²) in [5.74, 6) is 2.55. The maximum absolute atomic E-state index is 6.07. The number of benzene rings is 1. The van der Waals surface area contributed by atoms with Crippen molar-refractivity contribution in [3.63, 3.8) is 0 Å². The number of rotatable bonds is 4. The summed E-state index contributed by atoms with van der Waals surface area (Å²) in [6.45, 7) is 3.66. The summed E-state index contributed by atoms with van der Waals surface area (Å²) in [6.07, 6.45) is 8.30. The summed E-state index contributed by atoms with van der Waals surface area (Å²) < 4.78 is 0. The molecule has 0 amide bonds. The summed E-state index contributed by atoms with van der Waals surface area (Å²) in [4.78, 5) is 0. The van der Waals surface area contributed by atoms with Gasteiger partial charge in [-0.1, -0.05) is 49.9 Å². The van der Waals surface area contributed by atoms with Gasteiger partial charge in [-0.15, -0.1) is 0 Å². The summed E-state index contributed by atoms with van der Waals surface area (Å²) >= 11 is 6.07. The van der Waals surface area contributed by atoms with Gasteiger partial charge in [-0.25, -0.2) is 0 Å². The maximum atomic E-state index is 6.07. The van der Waals surface area contributed by atoms with Gasteiger partial charge in [0.05, 0.1) is 0 Å². The molecule has 2 heteroatoms. The van der Waals surface area contributed by atoms with Crippen LogP contribution in [-0.4, -0.2) is 12.6 Å². The molecule has 3 rings (SSSR count). The molecule has 0 spiro atoms. The van der Waals surface area contributed by atoms with Crippen molar-refractivity contribution in [3.05, 3.63) is 34.9 Å². The van der Waals surface area contributed by atoms with Crippen molar-refractivity contribution >= 4 is 11.6 Å². The molecule has 1 aromatic rings. The molecule has 0 saturated heterocycles. The summed E-state index contributed by atoms with van der Waals surface area (Å²) in [6, 6.07) is 9.11. The van der Waals surface area contributed by atoms with Gasteiger partial charge < -0.3 is 5.32 Å². The van der Waals surface area contributed by atoms with Crippen LogP contribution in [0.1, 0.15) is 56.9 Å². The molecule has 1 nitrogen and oxygen atoms in total. The van der Waals surface area contributed by atoms with Crippen molar-refractivity contribution in [2.45, 2.75) is 57.4 Å². The van der Waals surface area contributed by atoms with E-state index in [1.807, 2.05) is 6.07 Å². The smallest absolute Gasteiger partial charge is 0.0408 e. The number of nitrogens with one attached hydrogen (secondary N) is 1. The molecule has 0 radical (unpaired) electrons. The van der Waals surface area contributed by atoms with Gasteiger partial charge >= 0.3 is 0 Å². The van der Waals surface area contributed by atoms with Gasteiger partial charge in [0.15, 0.2) is 0 Å². The van der Waals surface area contributed by atoms with Gasteiger partial charge in [-0.05, 0) is 61.3 Å². The monoisotopic (exact) mass is 291 g/mol. The van der Waals surface area contributed by atoms with Crippen molar-refractivity contribution in [2.75, 3.05) is 6.54 Å². The Morgan fingerprint density at radius 2 is 2.00 bits per heavy atom. The molecule has 2 saturated carbocycles. The minimum Gasteiger partial charge on any atom is -0.314 e. The fraction of sp³-hybridized carbons (Fsp3) is 0.667. The largest absolute Gasteiger partial charge is 0.314 e. The van der Waals surface area contributed by atoms with Crippen LogP contribution in [0.2, 0.25) is 5.02 Å². The lowest BCUT2D eigenvalue weighted by Gasteiger charge is -2.38. The molecule has 20 heavy (non-hydrogen) atoms. The predicted octanol–water partition coefficient (Wildman–Crippen LogP) is 5.00. The van der Waals surface area contributed by atoms with E-state index in [0.29, 0.717) is 0 Å². The summed E-state index contributed by atoms with van der Waals surface area (Å²) in [5.41, 5.74) is 1.42. The highest BCUT2D eigenvalue weighted by atomic mass is 35.5. The third kappa shape index (κ3) is 3.38. The van der Waals surface area contributed by atoms with Crippen molar-refractivity contribution in [1.82, 2.24) is 5.32 Å². The zero-order chi connectivity index (χ0) is 13.9. The molecule has 2 aliphatic carbocycles. The lowest BCUT2D eigenvalue weighted by atomic mass is 9.75. The maximum Gasteiger partial charge on any atom is 0.0408 e. The molecular formula is C18H26ClN. The van der Waals surface area contributed by atoms with Gasteiger partial charge in [0.1, 0.15) is 0 Å². The first-order chi connectivity index (χ1) is 9.72. The van der Waals surface area contributed by atoms with Crippen LogP contribution in [0.25, 0.3) is 0 Å². The van der Waals surface area contributed by atoms with E-state index in [-0.39, 0.29) is 0 Å². The molecule has 0 aromatic heterocycles. The van der Waals surface area contributed by atoms with Gasteiger partial charge in [0.2, 0.25) is 0 Å². The lowest BCUT2D eigenvalue weighted by Crippen LogP contribution is -2.43. The molecule has 110 valence electrons. The predicted molar refractivity (Wildman–Crippen MR) is 86.3 cm³/mol. The molecule has 2 unspecified atom stereocenters. The average Bonchev–Trinajstić information content (AvgIpc) is 2.39. The molecule has 2 aliphatic rings. The topological polar surface area (TPSA) is 12.0 Å². The van der Waals surface area contributed by atoms with E-state index in [2.05, 4.69) is 30.4 Å². The fourth-order valence-electron chi connectivity index (χ4n) is 3.83. The van der Waals surface area contributed by atoms with Crippen LogP contribution in [0.3, 0.4) is 0 Å². The molecule has 2 atom stereocenters. The highest BCUT2D eigenvalue weighted by Gasteiger charge is 2.31. The van der Waals surface area contributed by atoms with Gasteiger partial charge in [-0.2, -0.15) is 0 Å². The van der Waals surface area contributed by atoms with Crippen LogP contribution < -0.4 is 5.32 Å². The first-order valence-corrected chi connectivity index (χ1v) is 8.59. The van der Waals surface area contributed by atoms with Crippen LogP contribution >= 0.6 is 11.6 Å². The Hall–Kier alpha value is -0.530. The van der Waals surface area contributed by atoms with Crippen LogP contribution in [0, 0.1) is 11.8 Å². The van der Waals surface area contributed by atoms with E-state index >= 15 is 0 Å². The Morgan fingerprint density at radius 3 is 2.75 bits per heavy atom. The zero-order valence-electron chi connectivity index (χ0n) is 12.4. The molecular weight excluding hydrogens is 266 g/mol. The minimum atomic E-state index is 0.718. The van der Waals surface area contributed by atoms with Crippen LogP contribution in [0.5, 0.6) is 0 Å². The van der Waals surface area contributed by atoms with Gasteiger partial charge in [-0.3, -0.25) is 0 Å². The second-order valence-corrected chi connectivity index (χ2v) is 7.29. The van der Waals surface area contributed by atoms with Crippen molar-refractivity contribution < 1.29 is 0 Å². The summed E-state index contributed by atoms with van der Waals surface area (Å²) in [7, 11) is 0. The van der Waals surface area contributed by atoms with E-state index in [1.165, 1.54) is 50.6 Å².